The zero-order chi connectivity index (χ0) is 13.1. The molecule has 0 saturated carbocycles. The number of para-hydroxylation sites is 1. The first-order valence-corrected chi connectivity index (χ1v) is 7.73. The fourth-order valence-electron chi connectivity index (χ4n) is 2.82. The highest BCUT2D eigenvalue weighted by atomic mass is 32.1. The van der Waals surface area contributed by atoms with Crippen LogP contribution in [0.2, 0.25) is 0 Å². The van der Waals surface area contributed by atoms with Gasteiger partial charge in [0, 0.05) is 17.5 Å². The van der Waals surface area contributed by atoms with Crippen molar-refractivity contribution in [3.8, 4) is 5.75 Å². The molecule has 1 aliphatic heterocycles. The molecule has 0 aliphatic carbocycles. The molecule has 0 bridgehead atoms. The first kappa shape index (κ1) is 12.7. The van der Waals surface area contributed by atoms with Gasteiger partial charge in [-0.3, -0.25) is 0 Å². The summed E-state index contributed by atoms with van der Waals surface area (Å²) in [6.07, 6.45) is 2.28. The molecular weight excluding hydrogens is 254 g/mol. The van der Waals surface area contributed by atoms with E-state index in [0.29, 0.717) is 12.0 Å². The van der Waals surface area contributed by atoms with E-state index >= 15 is 0 Å². The van der Waals surface area contributed by atoms with Crippen molar-refractivity contribution in [1.82, 2.24) is 5.32 Å². The highest BCUT2D eigenvalue weighted by Gasteiger charge is 2.29. The topological polar surface area (TPSA) is 21.3 Å². The van der Waals surface area contributed by atoms with Gasteiger partial charge in [-0.15, -0.1) is 0 Å². The van der Waals surface area contributed by atoms with E-state index in [2.05, 4.69) is 47.4 Å². The van der Waals surface area contributed by atoms with Crippen molar-refractivity contribution in [3.63, 3.8) is 0 Å². The molecule has 100 valence electrons. The molecule has 2 atom stereocenters. The van der Waals surface area contributed by atoms with Gasteiger partial charge in [-0.25, -0.2) is 0 Å². The molecule has 0 amide bonds. The zero-order valence-corrected chi connectivity index (χ0v) is 12.0. The largest absolute Gasteiger partial charge is 0.493 e. The quantitative estimate of drug-likeness (QED) is 0.901. The van der Waals surface area contributed by atoms with Gasteiger partial charge >= 0.3 is 0 Å². The Morgan fingerprint density at radius 2 is 2.26 bits per heavy atom. The molecule has 2 unspecified atom stereocenters. The first-order chi connectivity index (χ1) is 9.38. The van der Waals surface area contributed by atoms with Crippen LogP contribution in [0.5, 0.6) is 5.75 Å². The van der Waals surface area contributed by atoms with Gasteiger partial charge in [-0.2, -0.15) is 11.3 Å². The Hall–Kier alpha value is -1.32. The standard InChI is InChI=1S/C16H19NOS/c1-17-15(7-6-12-8-9-19-11-12)14-10-18-16-5-3-2-4-13(14)16/h2-5,8-9,11,14-15,17H,6-7,10H2,1H3. The van der Waals surface area contributed by atoms with Crippen molar-refractivity contribution in [2.75, 3.05) is 13.7 Å². The summed E-state index contributed by atoms with van der Waals surface area (Å²) < 4.78 is 5.79. The van der Waals surface area contributed by atoms with Crippen LogP contribution in [0.4, 0.5) is 0 Å². The van der Waals surface area contributed by atoms with Crippen LogP contribution in [0, 0.1) is 0 Å². The lowest BCUT2D eigenvalue weighted by atomic mass is 9.90. The predicted octanol–water partition coefficient (Wildman–Crippen LogP) is 3.44. The summed E-state index contributed by atoms with van der Waals surface area (Å²) in [6, 6.07) is 11.1. The third-order valence-corrected chi connectivity index (χ3v) is 4.65. The molecule has 1 aromatic heterocycles. The van der Waals surface area contributed by atoms with Crippen LogP contribution in [0.1, 0.15) is 23.5 Å². The molecule has 3 heteroatoms. The molecule has 0 saturated heterocycles. The van der Waals surface area contributed by atoms with Crippen molar-refractivity contribution in [1.29, 1.82) is 0 Å². The first-order valence-electron chi connectivity index (χ1n) is 6.78. The number of likely N-dealkylation sites (N-methyl/N-ethyl adjacent to an activating group) is 1. The van der Waals surface area contributed by atoms with Gasteiger partial charge in [0.1, 0.15) is 5.75 Å². The second kappa shape index (κ2) is 5.76. The molecule has 19 heavy (non-hydrogen) atoms. The second-order valence-electron chi connectivity index (χ2n) is 5.02. The Kier molecular flexibility index (Phi) is 3.85. The van der Waals surface area contributed by atoms with E-state index in [-0.39, 0.29) is 0 Å². The average molecular weight is 273 g/mol. The minimum absolute atomic E-state index is 0.472. The van der Waals surface area contributed by atoms with E-state index in [9.17, 15) is 0 Å². The van der Waals surface area contributed by atoms with Crippen LogP contribution in [0.25, 0.3) is 0 Å². The molecule has 3 rings (SSSR count). The van der Waals surface area contributed by atoms with Crippen molar-refractivity contribution in [3.05, 3.63) is 52.2 Å². The second-order valence-corrected chi connectivity index (χ2v) is 5.80. The molecule has 1 aromatic carbocycles. The van der Waals surface area contributed by atoms with Crippen LogP contribution in [0.3, 0.4) is 0 Å². The van der Waals surface area contributed by atoms with E-state index in [1.54, 1.807) is 11.3 Å². The lowest BCUT2D eigenvalue weighted by Crippen LogP contribution is -2.33. The highest BCUT2D eigenvalue weighted by molar-refractivity contribution is 7.07. The van der Waals surface area contributed by atoms with Crippen LogP contribution in [-0.4, -0.2) is 19.7 Å². The van der Waals surface area contributed by atoms with Crippen LogP contribution < -0.4 is 10.1 Å². The minimum atomic E-state index is 0.472. The highest BCUT2D eigenvalue weighted by Crippen LogP contribution is 2.36. The summed E-state index contributed by atoms with van der Waals surface area (Å²) >= 11 is 1.77. The molecule has 0 spiro atoms. The summed E-state index contributed by atoms with van der Waals surface area (Å²) in [5.41, 5.74) is 2.80. The molecule has 2 nitrogen and oxygen atoms in total. The van der Waals surface area contributed by atoms with Gasteiger partial charge in [0.15, 0.2) is 0 Å². The number of nitrogens with one attached hydrogen (secondary N) is 1. The molecule has 2 aromatic rings. The van der Waals surface area contributed by atoms with Gasteiger partial charge in [0.25, 0.3) is 0 Å². The monoisotopic (exact) mass is 273 g/mol. The van der Waals surface area contributed by atoms with Gasteiger partial charge in [0.2, 0.25) is 0 Å². The van der Waals surface area contributed by atoms with Crippen molar-refractivity contribution in [2.45, 2.75) is 24.8 Å². The summed E-state index contributed by atoms with van der Waals surface area (Å²) in [4.78, 5) is 0. The summed E-state index contributed by atoms with van der Waals surface area (Å²) in [7, 11) is 2.05. The van der Waals surface area contributed by atoms with E-state index in [1.807, 2.05) is 6.07 Å². The van der Waals surface area contributed by atoms with Crippen molar-refractivity contribution >= 4 is 11.3 Å². The number of rotatable bonds is 5. The third kappa shape index (κ3) is 2.67. The maximum absolute atomic E-state index is 5.79. The summed E-state index contributed by atoms with van der Waals surface area (Å²) in [5.74, 6) is 1.53. The van der Waals surface area contributed by atoms with Crippen molar-refractivity contribution < 1.29 is 4.74 Å². The van der Waals surface area contributed by atoms with E-state index in [1.165, 1.54) is 11.1 Å². The Labute approximate surface area is 118 Å². The van der Waals surface area contributed by atoms with Crippen LogP contribution >= 0.6 is 11.3 Å². The Balaban J connectivity index is 1.69. The maximum Gasteiger partial charge on any atom is 0.122 e. The lowest BCUT2D eigenvalue weighted by molar-refractivity contribution is 0.297. The van der Waals surface area contributed by atoms with Crippen LogP contribution in [0.15, 0.2) is 41.1 Å². The number of aryl methyl sites for hydroxylation is 1. The number of benzene rings is 1. The lowest BCUT2D eigenvalue weighted by Gasteiger charge is -2.22. The van der Waals surface area contributed by atoms with Crippen molar-refractivity contribution in [2.24, 2.45) is 0 Å². The van der Waals surface area contributed by atoms with E-state index < -0.39 is 0 Å². The minimum Gasteiger partial charge on any atom is -0.493 e. The Morgan fingerprint density at radius 1 is 1.37 bits per heavy atom. The van der Waals surface area contributed by atoms with Crippen LogP contribution in [-0.2, 0) is 6.42 Å². The smallest absolute Gasteiger partial charge is 0.122 e. The SMILES string of the molecule is CNC(CCc1ccsc1)C1COc2ccccc21. The molecule has 1 N–H and O–H groups in total. The maximum atomic E-state index is 5.79. The van der Waals surface area contributed by atoms with E-state index in [0.717, 1.165) is 25.2 Å². The normalized spacial score (nSPS) is 18.9. The number of fused-ring (bicyclic) bond motifs is 1. The molecular formula is C16H19NOS. The molecule has 0 radical (unpaired) electrons. The summed E-state index contributed by atoms with van der Waals surface area (Å²) in [5, 5.41) is 7.86. The van der Waals surface area contributed by atoms with Gasteiger partial charge < -0.3 is 10.1 Å². The predicted molar refractivity (Wildman–Crippen MR) is 80.2 cm³/mol. The third-order valence-electron chi connectivity index (χ3n) is 3.92. The van der Waals surface area contributed by atoms with Gasteiger partial charge in [-0.1, -0.05) is 18.2 Å². The number of thiophene rings is 1. The molecule has 2 heterocycles. The fourth-order valence-corrected chi connectivity index (χ4v) is 3.53. The van der Waals surface area contributed by atoms with E-state index in [4.69, 9.17) is 4.74 Å². The fraction of sp³-hybridized carbons (Fsp3) is 0.375. The average Bonchev–Trinajstić information content (AvgIpc) is 3.09. The zero-order valence-electron chi connectivity index (χ0n) is 11.1. The Bertz CT molecular complexity index is 523. The Morgan fingerprint density at radius 3 is 3.05 bits per heavy atom. The number of ether oxygens (including phenoxy) is 1. The summed E-state index contributed by atoms with van der Waals surface area (Å²) in [6.45, 7) is 0.800. The number of hydrogen-bond donors (Lipinski definition) is 1. The molecule has 0 fully saturated rings. The number of hydrogen-bond acceptors (Lipinski definition) is 3. The van der Waals surface area contributed by atoms with Gasteiger partial charge in [-0.05, 0) is 48.3 Å². The molecule has 1 aliphatic rings. The van der Waals surface area contributed by atoms with Gasteiger partial charge in [0.05, 0.1) is 6.61 Å².